The van der Waals surface area contributed by atoms with Gasteiger partial charge in [0.1, 0.15) is 0 Å². The van der Waals surface area contributed by atoms with Crippen molar-refractivity contribution in [3.05, 3.63) is 21.8 Å². The van der Waals surface area contributed by atoms with Crippen LogP contribution in [0.3, 0.4) is 0 Å². The summed E-state index contributed by atoms with van der Waals surface area (Å²) < 4.78 is 1.29. The van der Waals surface area contributed by atoms with Crippen molar-refractivity contribution in [1.82, 2.24) is 0 Å². The molecule has 2 rings (SSSR count). The Morgan fingerprint density at radius 1 is 1.32 bits per heavy atom. The SMILES string of the molecule is CC(C)CCN(c1ccc(N)cc1I)C1CCCC1. The molecule has 3 heteroatoms. The number of halogens is 1. The van der Waals surface area contributed by atoms with E-state index in [-0.39, 0.29) is 0 Å². The second-order valence-electron chi connectivity index (χ2n) is 6.03. The predicted molar refractivity (Wildman–Crippen MR) is 92.6 cm³/mol. The van der Waals surface area contributed by atoms with Gasteiger partial charge in [0.25, 0.3) is 0 Å². The molecule has 19 heavy (non-hydrogen) atoms. The maximum atomic E-state index is 5.88. The summed E-state index contributed by atoms with van der Waals surface area (Å²) in [4.78, 5) is 2.63. The third-order valence-electron chi connectivity index (χ3n) is 3.99. The second kappa shape index (κ2) is 6.82. The molecule has 0 amide bonds. The van der Waals surface area contributed by atoms with Gasteiger partial charge in [-0.2, -0.15) is 0 Å². The van der Waals surface area contributed by atoms with E-state index in [2.05, 4.69) is 53.5 Å². The zero-order valence-corrected chi connectivity index (χ0v) is 14.2. The highest BCUT2D eigenvalue weighted by atomic mass is 127. The Morgan fingerprint density at radius 3 is 2.58 bits per heavy atom. The van der Waals surface area contributed by atoms with E-state index in [1.54, 1.807) is 0 Å². The van der Waals surface area contributed by atoms with Gasteiger partial charge in [0, 0.05) is 21.8 Å². The number of nitrogens with zero attached hydrogens (tertiary/aromatic N) is 1. The van der Waals surface area contributed by atoms with Gasteiger partial charge in [0.2, 0.25) is 0 Å². The molecule has 1 aromatic rings. The number of anilines is 2. The molecule has 1 fully saturated rings. The van der Waals surface area contributed by atoms with E-state index >= 15 is 0 Å². The minimum atomic E-state index is 0.732. The van der Waals surface area contributed by atoms with Gasteiger partial charge in [-0.25, -0.2) is 0 Å². The maximum Gasteiger partial charge on any atom is 0.0505 e. The first-order valence-electron chi connectivity index (χ1n) is 7.39. The molecule has 1 aliphatic carbocycles. The fourth-order valence-electron chi connectivity index (χ4n) is 2.87. The van der Waals surface area contributed by atoms with Gasteiger partial charge in [-0.1, -0.05) is 26.7 Å². The molecule has 1 saturated carbocycles. The van der Waals surface area contributed by atoms with Crippen LogP contribution in [0.2, 0.25) is 0 Å². The van der Waals surface area contributed by atoms with Crippen molar-refractivity contribution in [1.29, 1.82) is 0 Å². The Balaban J connectivity index is 2.19. The number of nitrogens with two attached hydrogens (primary N) is 1. The minimum absolute atomic E-state index is 0.732. The molecular formula is C16H25IN2. The molecule has 0 atom stereocenters. The highest BCUT2D eigenvalue weighted by Crippen LogP contribution is 2.32. The van der Waals surface area contributed by atoms with Crippen molar-refractivity contribution < 1.29 is 0 Å². The summed E-state index contributed by atoms with van der Waals surface area (Å²) in [5.74, 6) is 0.760. The molecule has 0 aliphatic heterocycles. The molecule has 1 aromatic carbocycles. The lowest BCUT2D eigenvalue weighted by atomic mass is 10.1. The molecule has 0 aromatic heterocycles. The maximum absolute atomic E-state index is 5.88. The summed E-state index contributed by atoms with van der Waals surface area (Å²) in [6, 6.07) is 7.06. The number of rotatable bonds is 5. The van der Waals surface area contributed by atoms with Crippen LogP contribution >= 0.6 is 22.6 Å². The highest BCUT2D eigenvalue weighted by molar-refractivity contribution is 14.1. The number of benzene rings is 1. The Kier molecular flexibility index (Phi) is 5.37. The van der Waals surface area contributed by atoms with Crippen molar-refractivity contribution in [3.63, 3.8) is 0 Å². The Labute approximate surface area is 130 Å². The van der Waals surface area contributed by atoms with Crippen LogP contribution in [0.1, 0.15) is 46.0 Å². The first-order chi connectivity index (χ1) is 9.08. The third-order valence-corrected chi connectivity index (χ3v) is 4.86. The van der Waals surface area contributed by atoms with Crippen molar-refractivity contribution in [2.45, 2.75) is 52.0 Å². The first-order valence-corrected chi connectivity index (χ1v) is 8.47. The fraction of sp³-hybridized carbons (Fsp3) is 0.625. The van der Waals surface area contributed by atoms with Gasteiger partial charge in [0.05, 0.1) is 5.69 Å². The summed E-state index contributed by atoms with van der Waals surface area (Å²) in [6.07, 6.45) is 6.72. The quantitative estimate of drug-likeness (QED) is 0.601. The topological polar surface area (TPSA) is 29.3 Å². The van der Waals surface area contributed by atoms with Crippen LogP contribution in [0.5, 0.6) is 0 Å². The largest absolute Gasteiger partial charge is 0.399 e. The van der Waals surface area contributed by atoms with Crippen molar-refractivity contribution >= 4 is 34.0 Å². The van der Waals surface area contributed by atoms with E-state index in [1.807, 2.05) is 6.07 Å². The summed E-state index contributed by atoms with van der Waals surface area (Å²) in [5, 5.41) is 0. The molecule has 1 aliphatic rings. The molecular weight excluding hydrogens is 347 g/mol. The Bertz CT molecular complexity index is 411. The van der Waals surface area contributed by atoms with Crippen molar-refractivity contribution in [2.24, 2.45) is 5.92 Å². The van der Waals surface area contributed by atoms with E-state index in [0.717, 1.165) is 17.6 Å². The minimum Gasteiger partial charge on any atom is -0.399 e. The van der Waals surface area contributed by atoms with Gasteiger partial charge < -0.3 is 10.6 Å². The van der Waals surface area contributed by atoms with Gasteiger partial charge in [-0.05, 0) is 66.0 Å². The smallest absolute Gasteiger partial charge is 0.0505 e. The molecule has 106 valence electrons. The number of hydrogen-bond acceptors (Lipinski definition) is 2. The molecule has 2 nitrogen and oxygen atoms in total. The molecule has 0 heterocycles. The van der Waals surface area contributed by atoms with E-state index in [4.69, 9.17) is 5.73 Å². The van der Waals surface area contributed by atoms with Gasteiger partial charge >= 0.3 is 0 Å². The van der Waals surface area contributed by atoms with E-state index in [0.29, 0.717) is 0 Å². The number of nitrogen functional groups attached to an aromatic ring is 1. The van der Waals surface area contributed by atoms with Crippen LogP contribution in [0, 0.1) is 9.49 Å². The van der Waals surface area contributed by atoms with Crippen LogP contribution < -0.4 is 10.6 Å². The lowest BCUT2D eigenvalue weighted by Crippen LogP contribution is -2.35. The second-order valence-corrected chi connectivity index (χ2v) is 7.19. The van der Waals surface area contributed by atoms with Crippen LogP contribution in [0.4, 0.5) is 11.4 Å². The molecule has 0 radical (unpaired) electrons. The van der Waals surface area contributed by atoms with Crippen LogP contribution in [0.25, 0.3) is 0 Å². The molecule has 2 N–H and O–H groups in total. The zero-order valence-electron chi connectivity index (χ0n) is 12.0. The zero-order chi connectivity index (χ0) is 13.8. The standard InChI is InChI=1S/C16H25IN2/c1-12(2)9-10-19(14-5-3-4-6-14)16-8-7-13(18)11-15(16)17/h7-8,11-12,14H,3-6,9-10,18H2,1-2H3. The van der Waals surface area contributed by atoms with Crippen molar-refractivity contribution in [3.8, 4) is 0 Å². The van der Waals surface area contributed by atoms with Crippen molar-refractivity contribution in [2.75, 3.05) is 17.2 Å². The fourth-order valence-corrected chi connectivity index (χ4v) is 3.72. The number of hydrogen-bond donors (Lipinski definition) is 1. The lowest BCUT2D eigenvalue weighted by Gasteiger charge is -2.33. The van der Waals surface area contributed by atoms with E-state index < -0.39 is 0 Å². The Morgan fingerprint density at radius 2 is 2.00 bits per heavy atom. The van der Waals surface area contributed by atoms with Crippen LogP contribution in [-0.4, -0.2) is 12.6 Å². The lowest BCUT2D eigenvalue weighted by molar-refractivity contribution is 0.528. The third kappa shape index (κ3) is 4.01. The summed E-state index contributed by atoms with van der Waals surface area (Å²) >= 11 is 2.42. The first kappa shape index (κ1) is 14.9. The molecule has 0 bridgehead atoms. The van der Waals surface area contributed by atoms with E-state index in [1.165, 1.54) is 47.9 Å². The van der Waals surface area contributed by atoms with Gasteiger partial charge in [-0.15, -0.1) is 0 Å². The van der Waals surface area contributed by atoms with Gasteiger partial charge in [-0.3, -0.25) is 0 Å². The van der Waals surface area contributed by atoms with Crippen LogP contribution in [-0.2, 0) is 0 Å². The molecule has 0 unspecified atom stereocenters. The summed E-state index contributed by atoms with van der Waals surface area (Å²) in [5.41, 5.74) is 8.12. The normalized spacial score (nSPS) is 16.2. The molecule has 0 saturated heterocycles. The predicted octanol–water partition coefficient (Wildman–Crippen LogP) is 4.67. The average molecular weight is 372 g/mol. The highest BCUT2D eigenvalue weighted by Gasteiger charge is 2.24. The Hall–Kier alpha value is -0.450. The monoisotopic (exact) mass is 372 g/mol. The summed E-state index contributed by atoms with van der Waals surface area (Å²) in [7, 11) is 0. The average Bonchev–Trinajstić information content (AvgIpc) is 2.85. The van der Waals surface area contributed by atoms with Gasteiger partial charge in [0.15, 0.2) is 0 Å². The van der Waals surface area contributed by atoms with Crippen LogP contribution in [0.15, 0.2) is 18.2 Å². The molecule has 0 spiro atoms. The summed E-state index contributed by atoms with van der Waals surface area (Å²) in [6.45, 7) is 5.78. The van der Waals surface area contributed by atoms with E-state index in [9.17, 15) is 0 Å².